The van der Waals surface area contributed by atoms with E-state index in [2.05, 4.69) is 44.8 Å². The van der Waals surface area contributed by atoms with Crippen LogP contribution < -0.4 is 5.32 Å². The summed E-state index contributed by atoms with van der Waals surface area (Å²) >= 11 is 0. The smallest absolute Gasteiger partial charge is 0.0247 e. The molecule has 2 unspecified atom stereocenters. The van der Waals surface area contributed by atoms with Crippen LogP contribution in [0.2, 0.25) is 0 Å². The van der Waals surface area contributed by atoms with Gasteiger partial charge in [-0.1, -0.05) is 53.9 Å². The molecule has 2 nitrogen and oxygen atoms in total. The summed E-state index contributed by atoms with van der Waals surface area (Å²) in [5.41, 5.74) is 0.370. The van der Waals surface area contributed by atoms with Crippen molar-refractivity contribution in [3.8, 4) is 0 Å². The second-order valence-corrected chi connectivity index (χ2v) is 8.13. The summed E-state index contributed by atoms with van der Waals surface area (Å²) in [7, 11) is 0. The molecule has 1 N–H and O–H groups in total. The maximum absolute atomic E-state index is 3.82. The van der Waals surface area contributed by atoms with E-state index in [9.17, 15) is 0 Å². The highest BCUT2D eigenvalue weighted by Crippen LogP contribution is 2.31. The van der Waals surface area contributed by atoms with Gasteiger partial charge in [0.2, 0.25) is 0 Å². The van der Waals surface area contributed by atoms with Gasteiger partial charge in [0, 0.05) is 31.2 Å². The molecule has 0 aromatic carbocycles. The first-order chi connectivity index (χ1) is 8.89. The lowest BCUT2D eigenvalue weighted by atomic mass is 9.82. The van der Waals surface area contributed by atoms with Crippen LogP contribution in [0.3, 0.4) is 0 Å². The Bertz CT molecular complexity index is 273. The molecule has 0 aromatic heterocycles. The Morgan fingerprint density at radius 1 is 1.05 bits per heavy atom. The van der Waals surface area contributed by atoms with Gasteiger partial charge >= 0.3 is 0 Å². The fraction of sp³-hybridized carbons (Fsp3) is 1.00. The molecular formula is C17H34N2. The third-order valence-electron chi connectivity index (χ3n) is 5.25. The normalized spacial score (nSPS) is 31.9. The van der Waals surface area contributed by atoms with Gasteiger partial charge in [-0.05, 0) is 24.2 Å². The third kappa shape index (κ3) is 3.72. The summed E-state index contributed by atoms with van der Waals surface area (Å²) in [5, 5.41) is 3.82. The fourth-order valence-corrected chi connectivity index (χ4v) is 3.82. The van der Waals surface area contributed by atoms with Gasteiger partial charge in [-0.25, -0.2) is 0 Å². The van der Waals surface area contributed by atoms with Crippen molar-refractivity contribution in [3.05, 3.63) is 0 Å². The van der Waals surface area contributed by atoms with E-state index in [0.717, 1.165) is 18.0 Å². The predicted molar refractivity (Wildman–Crippen MR) is 83.5 cm³/mol. The van der Waals surface area contributed by atoms with Crippen LogP contribution in [-0.4, -0.2) is 36.1 Å². The topological polar surface area (TPSA) is 15.3 Å². The minimum Gasteiger partial charge on any atom is -0.311 e. The molecule has 2 rings (SSSR count). The summed E-state index contributed by atoms with van der Waals surface area (Å²) < 4.78 is 0. The molecule has 0 aromatic rings. The fourth-order valence-electron chi connectivity index (χ4n) is 3.82. The molecule has 0 spiro atoms. The summed E-state index contributed by atoms with van der Waals surface area (Å²) in [4.78, 5) is 2.87. The molecule has 1 heterocycles. The number of nitrogens with one attached hydrogen (secondary N) is 1. The van der Waals surface area contributed by atoms with Gasteiger partial charge in [-0.15, -0.1) is 0 Å². The minimum atomic E-state index is 0.370. The van der Waals surface area contributed by atoms with Crippen molar-refractivity contribution in [2.24, 2.45) is 11.3 Å². The lowest BCUT2D eigenvalue weighted by Crippen LogP contribution is -2.64. The molecule has 2 atom stereocenters. The van der Waals surface area contributed by atoms with Crippen molar-refractivity contribution in [2.75, 3.05) is 13.1 Å². The molecule has 2 aliphatic rings. The average molecular weight is 266 g/mol. The van der Waals surface area contributed by atoms with Crippen LogP contribution >= 0.6 is 0 Å². The second kappa shape index (κ2) is 6.13. The minimum absolute atomic E-state index is 0.370. The van der Waals surface area contributed by atoms with Crippen LogP contribution in [0.5, 0.6) is 0 Å². The van der Waals surface area contributed by atoms with Crippen molar-refractivity contribution in [2.45, 2.75) is 84.8 Å². The molecule has 1 aliphatic carbocycles. The Morgan fingerprint density at radius 3 is 2.21 bits per heavy atom. The summed E-state index contributed by atoms with van der Waals surface area (Å²) in [6.07, 6.45) is 7.21. The highest BCUT2D eigenvalue weighted by Gasteiger charge is 2.38. The number of hydrogen-bond donors (Lipinski definition) is 1. The summed E-state index contributed by atoms with van der Waals surface area (Å²) in [6, 6.07) is 2.24. The molecule has 0 amide bonds. The molecule has 1 saturated heterocycles. The van der Waals surface area contributed by atoms with Gasteiger partial charge in [0.15, 0.2) is 0 Å². The zero-order valence-electron chi connectivity index (χ0n) is 13.7. The second-order valence-electron chi connectivity index (χ2n) is 8.13. The summed E-state index contributed by atoms with van der Waals surface area (Å²) in [6.45, 7) is 14.3. The number of hydrogen-bond acceptors (Lipinski definition) is 2. The zero-order valence-corrected chi connectivity index (χ0v) is 13.7. The highest BCUT2D eigenvalue weighted by atomic mass is 15.3. The van der Waals surface area contributed by atoms with E-state index < -0.39 is 0 Å². The van der Waals surface area contributed by atoms with E-state index in [-0.39, 0.29) is 0 Å². The van der Waals surface area contributed by atoms with Gasteiger partial charge in [0.25, 0.3) is 0 Å². The van der Waals surface area contributed by atoms with Crippen molar-refractivity contribution >= 4 is 0 Å². The average Bonchev–Trinajstić information content (AvgIpc) is 2.38. The maximum atomic E-state index is 3.82. The van der Waals surface area contributed by atoms with E-state index in [4.69, 9.17) is 0 Å². The SMILES string of the molecule is CC(C)C1CNC(C(C)(C)C)CN1C1CCCCC1. The van der Waals surface area contributed by atoms with Crippen LogP contribution in [0.25, 0.3) is 0 Å². The third-order valence-corrected chi connectivity index (χ3v) is 5.25. The largest absolute Gasteiger partial charge is 0.311 e. The van der Waals surface area contributed by atoms with Crippen LogP contribution in [0.4, 0.5) is 0 Å². The molecule has 2 fully saturated rings. The Morgan fingerprint density at radius 2 is 1.68 bits per heavy atom. The lowest BCUT2D eigenvalue weighted by Gasteiger charge is -2.50. The van der Waals surface area contributed by atoms with Gasteiger partial charge in [-0.2, -0.15) is 0 Å². The molecule has 19 heavy (non-hydrogen) atoms. The molecule has 1 aliphatic heterocycles. The van der Waals surface area contributed by atoms with E-state index in [1.165, 1.54) is 45.2 Å². The van der Waals surface area contributed by atoms with Crippen molar-refractivity contribution in [1.29, 1.82) is 0 Å². The van der Waals surface area contributed by atoms with E-state index in [1.54, 1.807) is 0 Å². The van der Waals surface area contributed by atoms with Gasteiger partial charge in [0.1, 0.15) is 0 Å². The van der Waals surface area contributed by atoms with Crippen molar-refractivity contribution in [3.63, 3.8) is 0 Å². The molecule has 0 radical (unpaired) electrons. The Labute approximate surface area is 120 Å². The first-order valence-corrected chi connectivity index (χ1v) is 8.38. The monoisotopic (exact) mass is 266 g/mol. The van der Waals surface area contributed by atoms with Crippen LogP contribution in [0.15, 0.2) is 0 Å². The number of piperazine rings is 1. The molecule has 112 valence electrons. The molecule has 2 heteroatoms. The number of nitrogens with zero attached hydrogens (tertiary/aromatic N) is 1. The van der Waals surface area contributed by atoms with Crippen LogP contribution in [0.1, 0.15) is 66.7 Å². The van der Waals surface area contributed by atoms with Crippen molar-refractivity contribution < 1.29 is 0 Å². The first-order valence-electron chi connectivity index (χ1n) is 8.38. The standard InChI is InChI=1S/C17H34N2/c1-13(2)15-11-18-16(17(3,4)5)12-19(15)14-9-7-6-8-10-14/h13-16,18H,6-12H2,1-5H3. The molecular weight excluding hydrogens is 232 g/mol. The zero-order chi connectivity index (χ0) is 14.0. The molecule has 0 bridgehead atoms. The number of rotatable bonds is 2. The first kappa shape index (κ1) is 15.3. The maximum Gasteiger partial charge on any atom is 0.0247 e. The van der Waals surface area contributed by atoms with E-state index in [1.807, 2.05) is 0 Å². The van der Waals surface area contributed by atoms with Gasteiger partial charge in [-0.3, -0.25) is 4.90 Å². The van der Waals surface area contributed by atoms with Crippen LogP contribution in [0, 0.1) is 11.3 Å². The van der Waals surface area contributed by atoms with E-state index >= 15 is 0 Å². The molecule has 1 saturated carbocycles. The van der Waals surface area contributed by atoms with Gasteiger partial charge in [0.05, 0.1) is 0 Å². The van der Waals surface area contributed by atoms with Gasteiger partial charge < -0.3 is 5.32 Å². The Hall–Kier alpha value is -0.0800. The highest BCUT2D eigenvalue weighted by molar-refractivity contribution is 4.95. The summed E-state index contributed by atoms with van der Waals surface area (Å²) in [5.74, 6) is 0.760. The predicted octanol–water partition coefficient (Wildman–Crippen LogP) is 3.66. The van der Waals surface area contributed by atoms with E-state index in [0.29, 0.717) is 11.5 Å². The van der Waals surface area contributed by atoms with Crippen LogP contribution in [-0.2, 0) is 0 Å². The Kier molecular flexibility index (Phi) is 4.94. The Balaban J connectivity index is 2.08. The quantitative estimate of drug-likeness (QED) is 0.820. The lowest BCUT2D eigenvalue weighted by molar-refractivity contribution is 0.0164. The van der Waals surface area contributed by atoms with Crippen molar-refractivity contribution in [1.82, 2.24) is 10.2 Å².